The summed E-state index contributed by atoms with van der Waals surface area (Å²) >= 11 is 1.55. The number of nitrogens with one attached hydrogen (secondary N) is 2. The van der Waals surface area contributed by atoms with Gasteiger partial charge in [-0.15, -0.1) is 11.3 Å². The molecular formula is C16H13N3OS. The monoisotopic (exact) mass is 295 g/mol. The first-order valence-electron chi connectivity index (χ1n) is 6.51. The van der Waals surface area contributed by atoms with Crippen molar-refractivity contribution in [1.29, 1.82) is 5.26 Å². The molecule has 2 aromatic rings. The number of nitriles is 1. The molecule has 1 aromatic heterocycles. The van der Waals surface area contributed by atoms with Gasteiger partial charge in [-0.2, -0.15) is 5.26 Å². The average molecular weight is 295 g/mol. The van der Waals surface area contributed by atoms with E-state index < -0.39 is 0 Å². The summed E-state index contributed by atoms with van der Waals surface area (Å²) in [7, 11) is 0. The number of carbonyl (C=O) groups excluding carboxylic acids is 1. The van der Waals surface area contributed by atoms with Crippen LogP contribution in [0.5, 0.6) is 0 Å². The molecule has 2 heterocycles. The largest absolute Gasteiger partial charge is 0.325 e. The lowest BCUT2D eigenvalue weighted by Gasteiger charge is -2.24. The molecule has 5 heteroatoms. The first-order valence-corrected chi connectivity index (χ1v) is 7.39. The molecule has 3 rings (SSSR count). The van der Waals surface area contributed by atoms with Crippen LogP contribution in [0.2, 0.25) is 0 Å². The maximum absolute atomic E-state index is 11.6. The zero-order chi connectivity index (χ0) is 14.8. The van der Waals surface area contributed by atoms with Gasteiger partial charge in [-0.25, -0.2) is 4.79 Å². The Kier molecular flexibility index (Phi) is 3.46. The highest BCUT2D eigenvalue weighted by Gasteiger charge is 2.27. The van der Waals surface area contributed by atoms with E-state index in [4.69, 9.17) is 0 Å². The third-order valence-corrected chi connectivity index (χ3v) is 4.40. The molecule has 0 radical (unpaired) electrons. The number of hydrogen-bond acceptors (Lipinski definition) is 3. The molecule has 2 amide bonds. The van der Waals surface area contributed by atoms with Crippen molar-refractivity contribution in [1.82, 2.24) is 10.6 Å². The molecule has 0 aliphatic carbocycles. The van der Waals surface area contributed by atoms with Gasteiger partial charge in [0.05, 0.1) is 11.6 Å². The fraction of sp³-hybridized carbons (Fsp3) is 0.125. The van der Waals surface area contributed by atoms with E-state index in [0.717, 1.165) is 16.0 Å². The Morgan fingerprint density at radius 2 is 2.00 bits per heavy atom. The van der Waals surface area contributed by atoms with Crippen molar-refractivity contribution in [3.05, 3.63) is 57.9 Å². The Hall–Kier alpha value is -2.58. The first-order chi connectivity index (χ1) is 10.2. The van der Waals surface area contributed by atoms with Crippen LogP contribution >= 0.6 is 11.3 Å². The van der Waals surface area contributed by atoms with Gasteiger partial charge in [0.1, 0.15) is 6.04 Å². The summed E-state index contributed by atoms with van der Waals surface area (Å²) in [6.07, 6.45) is 0. The number of urea groups is 1. The molecule has 1 unspecified atom stereocenters. The van der Waals surface area contributed by atoms with E-state index in [9.17, 15) is 10.1 Å². The molecule has 0 saturated heterocycles. The molecule has 0 bridgehead atoms. The fourth-order valence-electron chi connectivity index (χ4n) is 2.34. The second-order valence-corrected chi connectivity index (χ2v) is 5.73. The molecule has 1 aromatic carbocycles. The van der Waals surface area contributed by atoms with Crippen molar-refractivity contribution >= 4 is 17.4 Å². The minimum atomic E-state index is -0.369. The molecule has 21 heavy (non-hydrogen) atoms. The van der Waals surface area contributed by atoms with Crippen molar-refractivity contribution in [3.8, 4) is 17.2 Å². The number of nitrogens with zero attached hydrogens (tertiary/aromatic N) is 1. The lowest BCUT2D eigenvalue weighted by molar-refractivity contribution is 0.239. The Morgan fingerprint density at radius 3 is 2.71 bits per heavy atom. The van der Waals surface area contributed by atoms with E-state index in [2.05, 4.69) is 16.7 Å². The Morgan fingerprint density at radius 1 is 1.24 bits per heavy atom. The smallest absolute Gasteiger partial charge is 0.319 e. The van der Waals surface area contributed by atoms with Gasteiger partial charge in [0.2, 0.25) is 0 Å². The predicted octanol–water partition coefficient (Wildman–Crippen LogP) is 3.57. The van der Waals surface area contributed by atoms with Gasteiger partial charge in [0.15, 0.2) is 0 Å². The zero-order valence-corrected chi connectivity index (χ0v) is 12.2. The van der Waals surface area contributed by atoms with Crippen LogP contribution in [0.1, 0.15) is 17.8 Å². The number of hydrogen-bond donors (Lipinski definition) is 2. The van der Waals surface area contributed by atoms with E-state index in [1.165, 1.54) is 0 Å². The van der Waals surface area contributed by atoms with E-state index in [1.807, 2.05) is 41.8 Å². The van der Waals surface area contributed by atoms with Crippen LogP contribution in [-0.2, 0) is 0 Å². The Bertz CT molecular complexity index is 755. The normalized spacial score (nSPS) is 17.9. The molecule has 2 N–H and O–H groups in total. The van der Waals surface area contributed by atoms with E-state index in [1.54, 1.807) is 18.3 Å². The van der Waals surface area contributed by atoms with Gasteiger partial charge in [-0.05, 0) is 29.5 Å². The second-order valence-electron chi connectivity index (χ2n) is 4.79. The quantitative estimate of drug-likeness (QED) is 0.889. The van der Waals surface area contributed by atoms with Gasteiger partial charge in [0, 0.05) is 10.6 Å². The maximum Gasteiger partial charge on any atom is 0.319 e. The van der Waals surface area contributed by atoms with Crippen LogP contribution in [0.25, 0.3) is 11.1 Å². The van der Waals surface area contributed by atoms with Gasteiger partial charge in [-0.3, -0.25) is 0 Å². The van der Waals surface area contributed by atoms with Crippen molar-refractivity contribution in [2.45, 2.75) is 13.0 Å². The summed E-state index contributed by atoms with van der Waals surface area (Å²) in [5.74, 6) is 0. The van der Waals surface area contributed by atoms with Gasteiger partial charge in [-0.1, -0.05) is 30.3 Å². The summed E-state index contributed by atoms with van der Waals surface area (Å²) in [5, 5.41) is 16.8. The fourth-order valence-corrected chi connectivity index (χ4v) is 3.32. The number of carbonyl (C=O) groups is 1. The highest BCUT2D eigenvalue weighted by Crippen LogP contribution is 2.34. The summed E-state index contributed by atoms with van der Waals surface area (Å²) < 4.78 is 0. The van der Waals surface area contributed by atoms with Crippen molar-refractivity contribution < 1.29 is 4.79 Å². The van der Waals surface area contributed by atoms with Crippen LogP contribution < -0.4 is 10.6 Å². The molecule has 1 atom stereocenters. The summed E-state index contributed by atoms with van der Waals surface area (Å²) in [4.78, 5) is 12.6. The molecule has 1 aliphatic heterocycles. The Labute approximate surface area is 126 Å². The van der Waals surface area contributed by atoms with E-state index in [0.29, 0.717) is 11.3 Å². The van der Waals surface area contributed by atoms with Gasteiger partial charge >= 0.3 is 6.03 Å². The van der Waals surface area contributed by atoms with Crippen LogP contribution in [0.15, 0.2) is 53.0 Å². The van der Waals surface area contributed by atoms with Crippen LogP contribution in [0, 0.1) is 11.3 Å². The third-order valence-electron chi connectivity index (χ3n) is 3.40. The number of allylic oxidation sites excluding steroid dienone is 1. The molecule has 1 aliphatic rings. The highest BCUT2D eigenvalue weighted by atomic mass is 32.1. The number of amides is 2. The lowest BCUT2D eigenvalue weighted by Crippen LogP contribution is -2.42. The molecule has 0 saturated carbocycles. The van der Waals surface area contributed by atoms with E-state index >= 15 is 0 Å². The molecule has 0 spiro atoms. The minimum Gasteiger partial charge on any atom is -0.325 e. The maximum atomic E-state index is 11.6. The Balaban J connectivity index is 1.98. The predicted molar refractivity (Wildman–Crippen MR) is 82.5 cm³/mol. The third kappa shape index (κ3) is 2.54. The molecule has 104 valence electrons. The standard InChI is InChI=1S/C16H13N3OS/c1-10-13(8-17)15(19-16(20)18-10)14-7-12(9-21-14)11-5-3-2-4-6-11/h2-7,9,15H,1H3,(H2,18,19,20). The van der Waals surface area contributed by atoms with Crippen LogP contribution in [0.4, 0.5) is 4.79 Å². The van der Waals surface area contributed by atoms with Crippen molar-refractivity contribution in [2.75, 3.05) is 0 Å². The van der Waals surface area contributed by atoms with Crippen molar-refractivity contribution in [2.24, 2.45) is 0 Å². The summed E-state index contributed by atoms with van der Waals surface area (Å²) in [5.41, 5.74) is 3.38. The molecular weight excluding hydrogens is 282 g/mol. The van der Waals surface area contributed by atoms with Gasteiger partial charge in [0.25, 0.3) is 0 Å². The second kappa shape index (κ2) is 5.43. The lowest BCUT2D eigenvalue weighted by atomic mass is 10.0. The highest BCUT2D eigenvalue weighted by molar-refractivity contribution is 7.10. The molecule has 0 fully saturated rings. The van der Waals surface area contributed by atoms with Crippen molar-refractivity contribution in [3.63, 3.8) is 0 Å². The molecule has 4 nitrogen and oxygen atoms in total. The van der Waals surface area contributed by atoms with Gasteiger partial charge < -0.3 is 10.6 Å². The number of rotatable bonds is 2. The zero-order valence-electron chi connectivity index (χ0n) is 11.4. The topological polar surface area (TPSA) is 64.9 Å². The average Bonchev–Trinajstić information content (AvgIpc) is 2.97. The minimum absolute atomic E-state index is 0.272. The number of thiophene rings is 1. The number of benzene rings is 1. The summed E-state index contributed by atoms with van der Waals surface area (Å²) in [6, 6.07) is 13.6. The van der Waals surface area contributed by atoms with Crippen LogP contribution in [-0.4, -0.2) is 6.03 Å². The summed E-state index contributed by atoms with van der Waals surface area (Å²) in [6.45, 7) is 1.75. The van der Waals surface area contributed by atoms with Crippen LogP contribution in [0.3, 0.4) is 0 Å². The SMILES string of the molecule is CC1=C(C#N)C(c2cc(-c3ccccc3)cs2)NC(=O)N1. The van der Waals surface area contributed by atoms with E-state index in [-0.39, 0.29) is 12.1 Å². The first kappa shape index (κ1) is 13.4.